The third-order valence-corrected chi connectivity index (χ3v) is 3.67. The van der Waals surface area contributed by atoms with Gasteiger partial charge in [-0.15, -0.1) is 0 Å². The smallest absolute Gasteiger partial charge is 0.223 e. The fourth-order valence-electron chi connectivity index (χ4n) is 2.11. The van der Waals surface area contributed by atoms with Crippen LogP contribution in [0.25, 0.3) is 0 Å². The Bertz CT molecular complexity index is 593. The van der Waals surface area contributed by atoms with E-state index in [0.29, 0.717) is 18.8 Å². The molecule has 1 aromatic heterocycles. The number of amides is 1. The van der Waals surface area contributed by atoms with E-state index in [9.17, 15) is 9.90 Å². The second-order valence-corrected chi connectivity index (χ2v) is 5.82. The summed E-state index contributed by atoms with van der Waals surface area (Å²) in [6.45, 7) is 4.01. The minimum absolute atomic E-state index is 0.100. The number of furan rings is 1. The van der Waals surface area contributed by atoms with Gasteiger partial charge in [0.15, 0.2) is 0 Å². The van der Waals surface area contributed by atoms with Crippen molar-refractivity contribution in [3.05, 3.63) is 54.5 Å². The standard InChI is InChI=1S/C18H23NO4/c1-14(10-12-22-15-7-4-3-5-8-15)17(20)19-13-18(2,21)16-9-6-11-23-16/h3-9,11,14,21H,10,12-13H2,1-2H3,(H,19,20). The van der Waals surface area contributed by atoms with Gasteiger partial charge in [-0.1, -0.05) is 25.1 Å². The molecule has 2 rings (SSSR count). The van der Waals surface area contributed by atoms with E-state index in [1.807, 2.05) is 37.3 Å². The van der Waals surface area contributed by atoms with E-state index >= 15 is 0 Å². The lowest BCUT2D eigenvalue weighted by Crippen LogP contribution is -2.40. The molecule has 0 saturated heterocycles. The minimum Gasteiger partial charge on any atom is -0.494 e. The molecular weight excluding hydrogens is 294 g/mol. The molecule has 5 nitrogen and oxygen atoms in total. The van der Waals surface area contributed by atoms with Crippen molar-refractivity contribution in [2.45, 2.75) is 25.9 Å². The first-order valence-electron chi connectivity index (χ1n) is 7.71. The van der Waals surface area contributed by atoms with Gasteiger partial charge in [0.2, 0.25) is 5.91 Å². The molecule has 0 saturated carbocycles. The second-order valence-electron chi connectivity index (χ2n) is 5.82. The lowest BCUT2D eigenvalue weighted by atomic mass is 10.0. The Morgan fingerprint density at radius 3 is 2.70 bits per heavy atom. The van der Waals surface area contributed by atoms with Crippen LogP contribution in [0.5, 0.6) is 5.75 Å². The molecule has 2 unspecified atom stereocenters. The maximum absolute atomic E-state index is 12.1. The Labute approximate surface area is 136 Å². The van der Waals surface area contributed by atoms with Crippen molar-refractivity contribution >= 4 is 5.91 Å². The maximum Gasteiger partial charge on any atom is 0.223 e. The van der Waals surface area contributed by atoms with E-state index in [1.165, 1.54) is 6.26 Å². The number of nitrogens with one attached hydrogen (secondary N) is 1. The van der Waals surface area contributed by atoms with Crippen molar-refractivity contribution in [3.63, 3.8) is 0 Å². The normalized spacial score (nSPS) is 14.7. The first-order chi connectivity index (χ1) is 11.0. The predicted molar refractivity (Wildman–Crippen MR) is 87.0 cm³/mol. The van der Waals surface area contributed by atoms with Crippen molar-refractivity contribution in [1.29, 1.82) is 0 Å². The molecule has 0 aliphatic rings. The summed E-state index contributed by atoms with van der Waals surface area (Å²) in [6.07, 6.45) is 2.10. The number of carbonyl (C=O) groups excluding carboxylic acids is 1. The van der Waals surface area contributed by atoms with Crippen LogP contribution in [0.3, 0.4) is 0 Å². The van der Waals surface area contributed by atoms with Gasteiger partial charge >= 0.3 is 0 Å². The molecule has 0 aliphatic carbocycles. The summed E-state index contributed by atoms with van der Waals surface area (Å²) in [4.78, 5) is 12.1. The lowest BCUT2D eigenvalue weighted by Gasteiger charge is -2.22. The average Bonchev–Trinajstić information content (AvgIpc) is 3.09. The molecule has 23 heavy (non-hydrogen) atoms. The summed E-state index contributed by atoms with van der Waals surface area (Å²) in [5.41, 5.74) is -1.22. The number of aliphatic hydroxyl groups is 1. The number of para-hydroxylation sites is 1. The lowest BCUT2D eigenvalue weighted by molar-refractivity contribution is -0.126. The van der Waals surface area contributed by atoms with Gasteiger partial charge in [0.05, 0.1) is 19.4 Å². The number of hydrogen-bond acceptors (Lipinski definition) is 4. The van der Waals surface area contributed by atoms with Crippen molar-refractivity contribution in [1.82, 2.24) is 5.32 Å². The molecule has 0 spiro atoms. The van der Waals surface area contributed by atoms with Crippen LogP contribution in [0.2, 0.25) is 0 Å². The first-order valence-corrected chi connectivity index (χ1v) is 7.71. The van der Waals surface area contributed by atoms with Crippen molar-refractivity contribution < 1.29 is 19.1 Å². The Hall–Kier alpha value is -2.27. The zero-order valence-corrected chi connectivity index (χ0v) is 13.5. The van der Waals surface area contributed by atoms with E-state index in [2.05, 4.69) is 5.32 Å². The highest BCUT2D eigenvalue weighted by atomic mass is 16.5. The Morgan fingerprint density at radius 1 is 1.30 bits per heavy atom. The topological polar surface area (TPSA) is 71.7 Å². The monoisotopic (exact) mass is 317 g/mol. The number of hydrogen-bond donors (Lipinski definition) is 2. The molecule has 2 aromatic rings. The van der Waals surface area contributed by atoms with Crippen molar-refractivity contribution in [2.75, 3.05) is 13.2 Å². The predicted octanol–water partition coefficient (Wildman–Crippen LogP) is 2.71. The molecule has 1 aromatic carbocycles. The molecule has 1 heterocycles. The van der Waals surface area contributed by atoms with Gasteiger partial charge in [-0.3, -0.25) is 4.79 Å². The highest BCUT2D eigenvalue weighted by Crippen LogP contribution is 2.20. The third-order valence-electron chi connectivity index (χ3n) is 3.67. The number of rotatable bonds is 8. The molecule has 124 valence electrons. The van der Waals surface area contributed by atoms with E-state index < -0.39 is 5.60 Å². The van der Waals surface area contributed by atoms with Crippen LogP contribution in [-0.2, 0) is 10.4 Å². The highest BCUT2D eigenvalue weighted by Gasteiger charge is 2.27. The molecule has 0 fully saturated rings. The summed E-state index contributed by atoms with van der Waals surface area (Å²) < 4.78 is 10.8. The molecule has 1 amide bonds. The van der Waals surface area contributed by atoms with E-state index in [4.69, 9.17) is 9.15 Å². The third kappa shape index (κ3) is 5.14. The number of ether oxygens (including phenoxy) is 1. The zero-order valence-electron chi connectivity index (χ0n) is 13.5. The van der Waals surface area contributed by atoms with Crippen LogP contribution in [0, 0.1) is 5.92 Å². The van der Waals surface area contributed by atoms with Gasteiger partial charge in [0.1, 0.15) is 17.1 Å². The van der Waals surface area contributed by atoms with Crippen molar-refractivity contribution in [3.8, 4) is 5.75 Å². The Kier molecular flexibility index (Phi) is 5.82. The summed E-state index contributed by atoms with van der Waals surface area (Å²) >= 11 is 0. The zero-order chi connectivity index (χ0) is 16.7. The van der Waals surface area contributed by atoms with Crippen LogP contribution in [0.4, 0.5) is 0 Å². The highest BCUT2D eigenvalue weighted by molar-refractivity contribution is 5.78. The quantitative estimate of drug-likeness (QED) is 0.785. The maximum atomic E-state index is 12.1. The largest absolute Gasteiger partial charge is 0.494 e. The molecule has 5 heteroatoms. The SMILES string of the molecule is CC(CCOc1ccccc1)C(=O)NCC(C)(O)c1ccco1. The van der Waals surface area contributed by atoms with Gasteiger partial charge in [-0.25, -0.2) is 0 Å². The van der Waals surface area contributed by atoms with Crippen LogP contribution >= 0.6 is 0 Å². The average molecular weight is 317 g/mol. The fourth-order valence-corrected chi connectivity index (χ4v) is 2.11. The van der Waals surface area contributed by atoms with E-state index in [-0.39, 0.29) is 18.4 Å². The first kappa shape index (κ1) is 17.1. The fraction of sp³-hybridized carbons (Fsp3) is 0.389. The van der Waals surface area contributed by atoms with Crippen LogP contribution < -0.4 is 10.1 Å². The van der Waals surface area contributed by atoms with Crippen LogP contribution in [-0.4, -0.2) is 24.2 Å². The van der Waals surface area contributed by atoms with Gasteiger partial charge in [0.25, 0.3) is 0 Å². The Morgan fingerprint density at radius 2 is 2.04 bits per heavy atom. The summed E-state index contributed by atoms with van der Waals surface area (Å²) in [5, 5.41) is 13.1. The summed E-state index contributed by atoms with van der Waals surface area (Å²) in [6, 6.07) is 12.9. The number of benzene rings is 1. The van der Waals surface area contributed by atoms with Gasteiger partial charge in [-0.05, 0) is 37.6 Å². The van der Waals surface area contributed by atoms with Crippen LogP contribution in [0.15, 0.2) is 53.1 Å². The van der Waals surface area contributed by atoms with E-state index in [1.54, 1.807) is 19.1 Å². The number of carbonyl (C=O) groups is 1. The summed E-state index contributed by atoms with van der Waals surface area (Å²) in [7, 11) is 0. The van der Waals surface area contributed by atoms with Gasteiger partial charge in [-0.2, -0.15) is 0 Å². The molecular formula is C18H23NO4. The molecule has 0 aliphatic heterocycles. The van der Waals surface area contributed by atoms with E-state index in [0.717, 1.165) is 5.75 Å². The van der Waals surface area contributed by atoms with Crippen molar-refractivity contribution in [2.24, 2.45) is 5.92 Å². The molecule has 2 atom stereocenters. The Balaban J connectivity index is 1.72. The second kappa shape index (κ2) is 7.83. The molecule has 2 N–H and O–H groups in total. The molecule has 0 bridgehead atoms. The summed E-state index contributed by atoms with van der Waals surface area (Å²) in [5.74, 6) is 0.901. The van der Waals surface area contributed by atoms with Gasteiger partial charge in [0, 0.05) is 5.92 Å². The molecule has 0 radical (unpaired) electrons. The van der Waals surface area contributed by atoms with Crippen LogP contribution in [0.1, 0.15) is 26.0 Å². The minimum atomic E-state index is -1.22. The van der Waals surface area contributed by atoms with Gasteiger partial charge < -0.3 is 19.6 Å².